The molecule has 0 atom stereocenters. The third-order valence-corrected chi connectivity index (χ3v) is 4.18. The number of rotatable bonds is 5. The molecular weight excluding hydrogens is 280 g/mol. The fourth-order valence-corrected chi connectivity index (χ4v) is 2.89. The van der Waals surface area contributed by atoms with Gasteiger partial charge in [0.05, 0.1) is 0 Å². The first kappa shape index (κ1) is 13.8. The van der Waals surface area contributed by atoms with E-state index >= 15 is 0 Å². The third-order valence-electron chi connectivity index (χ3n) is 3.08. The third kappa shape index (κ3) is 3.47. The Morgan fingerprint density at radius 1 is 1.05 bits per heavy atom. The molecular formula is C17H16N2OS. The molecule has 1 heterocycles. The van der Waals surface area contributed by atoms with Gasteiger partial charge in [0.25, 0.3) is 0 Å². The molecule has 0 aliphatic rings. The SMILES string of the molecule is Cn1ccnc1SCc1ccccc1Oc1ccccc1. The summed E-state index contributed by atoms with van der Waals surface area (Å²) in [6.45, 7) is 0. The van der Waals surface area contributed by atoms with Crippen LogP contribution in [-0.2, 0) is 12.8 Å². The number of thioether (sulfide) groups is 1. The molecule has 3 rings (SSSR count). The van der Waals surface area contributed by atoms with Crippen molar-refractivity contribution in [2.75, 3.05) is 0 Å². The molecule has 0 saturated carbocycles. The van der Waals surface area contributed by atoms with Crippen molar-refractivity contribution in [3.8, 4) is 11.5 Å². The Labute approximate surface area is 128 Å². The smallest absolute Gasteiger partial charge is 0.167 e. The molecule has 106 valence electrons. The largest absolute Gasteiger partial charge is 0.457 e. The quantitative estimate of drug-likeness (QED) is 0.648. The van der Waals surface area contributed by atoms with Gasteiger partial charge in [-0.25, -0.2) is 4.98 Å². The number of para-hydroxylation sites is 2. The van der Waals surface area contributed by atoms with Crippen LogP contribution >= 0.6 is 11.8 Å². The number of benzene rings is 2. The van der Waals surface area contributed by atoms with Gasteiger partial charge in [0, 0.05) is 30.8 Å². The average molecular weight is 296 g/mol. The van der Waals surface area contributed by atoms with Crippen molar-refractivity contribution in [2.45, 2.75) is 10.9 Å². The van der Waals surface area contributed by atoms with E-state index in [-0.39, 0.29) is 0 Å². The van der Waals surface area contributed by atoms with Crippen molar-refractivity contribution >= 4 is 11.8 Å². The van der Waals surface area contributed by atoms with Gasteiger partial charge in [-0.2, -0.15) is 0 Å². The van der Waals surface area contributed by atoms with Crippen LogP contribution in [0.2, 0.25) is 0 Å². The van der Waals surface area contributed by atoms with Crippen LogP contribution in [0.1, 0.15) is 5.56 Å². The van der Waals surface area contributed by atoms with Gasteiger partial charge in [-0.15, -0.1) is 0 Å². The topological polar surface area (TPSA) is 27.1 Å². The molecule has 21 heavy (non-hydrogen) atoms. The molecule has 0 spiro atoms. The standard InChI is InChI=1S/C17H16N2OS/c1-19-12-11-18-17(19)21-13-14-7-5-6-10-16(14)20-15-8-3-2-4-9-15/h2-12H,13H2,1H3. The summed E-state index contributed by atoms with van der Waals surface area (Å²) in [6.07, 6.45) is 3.77. The van der Waals surface area contributed by atoms with Crippen LogP contribution in [0.4, 0.5) is 0 Å². The molecule has 0 aliphatic heterocycles. The van der Waals surface area contributed by atoms with Gasteiger partial charge in [-0.1, -0.05) is 48.2 Å². The van der Waals surface area contributed by atoms with Crippen LogP contribution in [0.15, 0.2) is 72.1 Å². The van der Waals surface area contributed by atoms with Crippen LogP contribution in [0.5, 0.6) is 11.5 Å². The molecule has 0 unspecified atom stereocenters. The Kier molecular flexibility index (Phi) is 4.26. The van der Waals surface area contributed by atoms with Crippen molar-refractivity contribution in [2.24, 2.45) is 7.05 Å². The lowest BCUT2D eigenvalue weighted by molar-refractivity contribution is 0.478. The summed E-state index contributed by atoms with van der Waals surface area (Å²) in [5.74, 6) is 2.57. The average Bonchev–Trinajstić information content (AvgIpc) is 2.93. The first-order chi connectivity index (χ1) is 10.3. The highest BCUT2D eigenvalue weighted by Crippen LogP contribution is 2.30. The molecule has 0 N–H and O–H groups in total. The Morgan fingerprint density at radius 3 is 2.57 bits per heavy atom. The van der Waals surface area contributed by atoms with Gasteiger partial charge < -0.3 is 9.30 Å². The monoisotopic (exact) mass is 296 g/mol. The van der Waals surface area contributed by atoms with Gasteiger partial charge in [0.1, 0.15) is 11.5 Å². The summed E-state index contributed by atoms with van der Waals surface area (Å²) < 4.78 is 7.99. The fraction of sp³-hybridized carbons (Fsp3) is 0.118. The maximum absolute atomic E-state index is 5.97. The van der Waals surface area contributed by atoms with E-state index in [0.717, 1.165) is 28.0 Å². The van der Waals surface area contributed by atoms with E-state index in [4.69, 9.17) is 4.74 Å². The van der Waals surface area contributed by atoms with Gasteiger partial charge in [-0.3, -0.25) is 0 Å². The Morgan fingerprint density at radius 2 is 1.81 bits per heavy atom. The maximum Gasteiger partial charge on any atom is 0.167 e. The van der Waals surface area contributed by atoms with E-state index in [1.165, 1.54) is 0 Å². The Bertz CT molecular complexity index is 710. The molecule has 0 aliphatic carbocycles. The first-order valence-corrected chi connectivity index (χ1v) is 7.72. The van der Waals surface area contributed by atoms with Gasteiger partial charge in [0.15, 0.2) is 5.16 Å². The van der Waals surface area contributed by atoms with Crippen LogP contribution in [0.25, 0.3) is 0 Å². The molecule has 0 fully saturated rings. The van der Waals surface area contributed by atoms with Gasteiger partial charge in [-0.05, 0) is 18.2 Å². The van der Waals surface area contributed by atoms with Crippen molar-refractivity contribution in [1.29, 1.82) is 0 Å². The molecule has 0 saturated heterocycles. The van der Waals surface area contributed by atoms with E-state index in [9.17, 15) is 0 Å². The van der Waals surface area contributed by atoms with Gasteiger partial charge >= 0.3 is 0 Å². The summed E-state index contributed by atoms with van der Waals surface area (Å²) >= 11 is 1.70. The second kappa shape index (κ2) is 6.50. The van der Waals surface area contributed by atoms with Crippen LogP contribution in [-0.4, -0.2) is 9.55 Å². The zero-order valence-corrected chi connectivity index (χ0v) is 12.6. The van der Waals surface area contributed by atoms with E-state index in [1.807, 2.05) is 72.5 Å². The van der Waals surface area contributed by atoms with E-state index in [0.29, 0.717) is 0 Å². The van der Waals surface area contributed by atoms with Crippen molar-refractivity contribution in [1.82, 2.24) is 9.55 Å². The van der Waals surface area contributed by atoms with E-state index < -0.39 is 0 Å². The lowest BCUT2D eigenvalue weighted by atomic mass is 10.2. The van der Waals surface area contributed by atoms with E-state index in [1.54, 1.807) is 11.8 Å². The lowest BCUT2D eigenvalue weighted by Crippen LogP contribution is -1.92. The van der Waals surface area contributed by atoms with Crippen LogP contribution in [0, 0.1) is 0 Å². The molecule has 0 bridgehead atoms. The van der Waals surface area contributed by atoms with Crippen molar-refractivity contribution in [3.63, 3.8) is 0 Å². The molecule has 0 amide bonds. The number of hydrogen-bond acceptors (Lipinski definition) is 3. The predicted octanol–water partition coefficient (Wildman–Crippen LogP) is 4.50. The first-order valence-electron chi connectivity index (χ1n) is 6.74. The Balaban J connectivity index is 1.75. The molecule has 2 aromatic carbocycles. The number of ether oxygens (including phenoxy) is 1. The summed E-state index contributed by atoms with van der Waals surface area (Å²) in [6, 6.07) is 18.0. The van der Waals surface area contributed by atoms with Gasteiger partial charge in [0.2, 0.25) is 0 Å². The highest BCUT2D eigenvalue weighted by atomic mass is 32.2. The summed E-state index contributed by atoms with van der Waals surface area (Å²) in [4.78, 5) is 4.33. The Hall–Kier alpha value is -2.20. The normalized spacial score (nSPS) is 10.5. The molecule has 3 aromatic rings. The molecule has 3 nitrogen and oxygen atoms in total. The van der Waals surface area contributed by atoms with Crippen LogP contribution < -0.4 is 4.74 Å². The number of hydrogen-bond donors (Lipinski definition) is 0. The zero-order chi connectivity index (χ0) is 14.5. The second-order valence-corrected chi connectivity index (χ2v) is 5.57. The number of aryl methyl sites for hydroxylation is 1. The number of imidazole rings is 1. The fourth-order valence-electron chi connectivity index (χ4n) is 1.97. The molecule has 4 heteroatoms. The van der Waals surface area contributed by atoms with Crippen LogP contribution in [0.3, 0.4) is 0 Å². The van der Waals surface area contributed by atoms with Crippen molar-refractivity contribution < 1.29 is 4.74 Å². The molecule has 0 radical (unpaired) electrons. The number of aromatic nitrogens is 2. The second-order valence-electron chi connectivity index (χ2n) is 4.63. The minimum Gasteiger partial charge on any atom is -0.457 e. The van der Waals surface area contributed by atoms with E-state index in [2.05, 4.69) is 11.1 Å². The summed E-state index contributed by atoms with van der Waals surface area (Å²) in [5.41, 5.74) is 1.16. The lowest BCUT2D eigenvalue weighted by Gasteiger charge is -2.10. The zero-order valence-electron chi connectivity index (χ0n) is 11.8. The summed E-state index contributed by atoms with van der Waals surface area (Å²) in [5, 5.41) is 1.00. The van der Waals surface area contributed by atoms with Crippen molar-refractivity contribution in [3.05, 3.63) is 72.6 Å². The minimum absolute atomic E-state index is 0.827. The highest BCUT2D eigenvalue weighted by molar-refractivity contribution is 7.98. The predicted molar refractivity (Wildman–Crippen MR) is 85.7 cm³/mol. The minimum atomic E-state index is 0.827. The highest BCUT2D eigenvalue weighted by Gasteiger charge is 2.07. The number of nitrogens with zero attached hydrogens (tertiary/aromatic N) is 2. The molecule has 1 aromatic heterocycles. The maximum atomic E-state index is 5.97. The summed E-state index contributed by atoms with van der Waals surface area (Å²) in [7, 11) is 2.00.